The van der Waals surface area contributed by atoms with Crippen LogP contribution in [0.25, 0.3) is 11.3 Å². The Morgan fingerprint density at radius 3 is 2.59 bits per heavy atom. The maximum absolute atomic E-state index is 11.5. The van der Waals surface area contributed by atoms with Crippen molar-refractivity contribution in [2.24, 2.45) is 7.05 Å². The first-order valence-electron chi connectivity index (χ1n) is 5.05. The van der Waals surface area contributed by atoms with E-state index in [1.807, 2.05) is 30.3 Å². The second-order valence-electron chi connectivity index (χ2n) is 3.53. The van der Waals surface area contributed by atoms with Crippen LogP contribution in [0.1, 0.15) is 10.5 Å². The van der Waals surface area contributed by atoms with E-state index in [0.29, 0.717) is 5.69 Å². The van der Waals surface area contributed by atoms with Crippen molar-refractivity contribution in [3.8, 4) is 17.0 Å². The van der Waals surface area contributed by atoms with Gasteiger partial charge in [-0.25, -0.2) is 4.79 Å². The van der Waals surface area contributed by atoms with Crippen molar-refractivity contribution >= 4 is 5.97 Å². The van der Waals surface area contributed by atoms with Crippen molar-refractivity contribution in [1.82, 2.24) is 9.78 Å². The molecule has 88 valence electrons. The zero-order chi connectivity index (χ0) is 12.4. The normalized spacial score (nSPS) is 10.2. The summed E-state index contributed by atoms with van der Waals surface area (Å²) in [6, 6.07) is 9.15. The highest BCUT2D eigenvalue weighted by Crippen LogP contribution is 2.31. The summed E-state index contributed by atoms with van der Waals surface area (Å²) in [7, 11) is 2.84. The fourth-order valence-corrected chi connectivity index (χ4v) is 1.63. The van der Waals surface area contributed by atoms with Crippen LogP contribution in [0.3, 0.4) is 0 Å². The molecule has 0 saturated carbocycles. The van der Waals surface area contributed by atoms with Gasteiger partial charge in [-0.05, 0) is 0 Å². The molecular formula is C12H12N2O3. The minimum absolute atomic E-state index is 0.0475. The van der Waals surface area contributed by atoms with Gasteiger partial charge < -0.3 is 9.84 Å². The van der Waals surface area contributed by atoms with E-state index in [4.69, 9.17) is 0 Å². The Labute approximate surface area is 98.3 Å². The van der Waals surface area contributed by atoms with E-state index in [1.54, 1.807) is 7.05 Å². The van der Waals surface area contributed by atoms with Crippen LogP contribution >= 0.6 is 0 Å². The van der Waals surface area contributed by atoms with Gasteiger partial charge in [0.05, 0.1) is 7.11 Å². The maximum atomic E-state index is 11.5. The average Bonchev–Trinajstić information content (AvgIpc) is 2.65. The number of ether oxygens (including phenoxy) is 1. The number of methoxy groups -OCH3 is 1. The number of benzene rings is 1. The molecule has 0 unspecified atom stereocenters. The number of aromatic nitrogens is 2. The van der Waals surface area contributed by atoms with Gasteiger partial charge in [0.2, 0.25) is 0 Å². The first-order chi connectivity index (χ1) is 8.15. The SMILES string of the molecule is COC(=O)c1c(O)c(-c2ccccc2)nn1C. The van der Waals surface area contributed by atoms with Crippen LogP contribution in [0.2, 0.25) is 0 Å². The first kappa shape index (κ1) is 11.2. The summed E-state index contributed by atoms with van der Waals surface area (Å²) < 4.78 is 5.90. The molecule has 1 N–H and O–H groups in total. The molecule has 0 aliphatic carbocycles. The van der Waals surface area contributed by atoms with Gasteiger partial charge >= 0.3 is 5.97 Å². The fourth-order valence-electron chi connectivity index (χ4n) is 1.63. The molecule has 0 fully saturated rings. The van der Waals surface area contributed by atoms with Crippen LogP contribution in [0.4, 0.5) is 0 Å². The van der Waals surface area contributed by atoms with Gasteiger partial charge in [-0.15, -0.1) is 0 Å². The number of nitrogens with zero attached hydrogens (tertiary/aromatic N) is 2. The van der Waals surface area contributed by atoms with Crippen LogP contribution in [0.15, 0.2) is 30.3 Å². The van der Waals surface area contributed by atoms with Crippen LogP contribution < -0.4 is 0 Å². The van der Waals surface area contributed by atoms with Gasteiger partial charge in [0, 0.05) is 12.6 Å². The topological polar surface area (TPSA) is 64.3 Å². The summed E-state index contributed by atoms with van der Waals surface area (Å²) in [4.78, 5) is 11.5. The summed E-state index contributed by atoms with van der Waals surface area (Å²) in [5.41, 5.74) is 1.16. The fraction of sp³-hybridized carbons (Fsp3) is 0.167. The highest BCUT2D eigenvalue weighted by Gasteiger charge is 2.22. The number of rotatable bonds is 2. The van der Waals surface area contributed by atoms with E-state index in [0.717, 1.165) is 5.56 Å². The Hall–Kier alpha value is -2.30. The monoisotopic (exact) mass is 232 g/mol. The lowest BCUT2D eigenvalue weighted by molar-refractivity contribution is 0.0585. The Morgan fingerprint density at radius 2 is 2.00 bits per heavy atom. The van der Waals surface area contributed by atoms with Gasteiger partial charge in [-0.3, -0.25) is 4.68 Å². The van der Waals surface area contributed by atoms with Gasteiger partial charge in [0.1, 0.15) is 5.69 Å². The third kappa shape index (κ3) is 1.87. The minimum Gasteiger partial charge on any atom is -0.504 e. The zero-order valence-corrected chi connectivity index (χ0v) is 9.54. The Balaban J connectivity index is 2.56. The summed E-state index contributed by atoms with van der Waals surface area (Å²) in [6.45, 7) is 0. The molecule has 5 heteroatoms. The predicted octanol–water partition coefficient (Wildman–Crippen LogP) is 1.58. The van der Waals surface area contributed by atoms with E-state index in [-0.39, 0.29) is 11.4 Å². The lowest BCUT2D eigenvalue weighted by Gasteiger charge is -1.99. The first-order valence-corrected chi connectivity index (χ1v) is 5.05. The molecule has 0 atom stereocenters. The Bertz CT molecular complexity index is 546. The molecule has 0 radical (unpaired) electrons. The van der Waals surface area contributed by atoms with E-state index >= 15 is 0 Å². The highest BCUT2D eigenvalue weighted by atomic mass is 16.5. The molecule has 17 heavy (non-hydrogen) atoms. The zero-order valence-electron chi connectivity index (χ0n) is 9.54. The highest BCUT2D eigenvalue weighted by molar-refractivity contribution is 5.93. The molecule has 0 saturated heterocycles. The molecule has 2 rings (SSSR count). The van der Waals surface area contributed by atoms with Crippen LogP contribution in [0.5, 0.6) is 5.75 Å². The van der Waals surface area contributed by atoms with Crippen molar-refractivity contribution in [3.63, 3.8) is 0 Å². The number of hydrogen-bond donors (Lipinski definition) is 1. The van der Waals surface area contributed by atoms with Gasteiger partial charge in [0.25, 0.3) is 0 Å². The number of aromatic hydroxyl groups is 1. The number of hydrogen-bond acceptors (Lipinski definition) is 4. The van der Waals surface area contributed by atoms with Crippen LogP contribution in [-0.4, -0.2) is 28.0 Å². The summed E-state index contributed by atoms with van der Waals surface area (Å²) in [5, 5.41) is 14.1. The van der Waals surface area contributed by atoms with Gasteiger partial charge in [-0.2, -0.15) is 5.10 Å². The number of carbonyl (C=O) groups is 1. The second kappa shape index (κ2) is 4.29. The quantitative estimate of drug-likeness (QED) is 0.798. The van der Waals surface area contributed by atoms with E-state index in [9.17, 15) is 9.90 Å². The molecule has 0 aliphatic rings. The summed E-state index contributed by atoms with van der Waals surface area (Å²) >= 11 is 0. The van der Waals surface area contributed by atoms with E-state index in [2.05, 4.69) is 9.84 Å². The summed E-state index contributed by atoms with van der Waals surface area (Å²) in [6.07, 6.45) is 0. The standard InChI is InChI=1S/C12H12N2O3/c1-14-10(12(16)17-2)11(15)9(13-14)8-6-4-3-5-7-8/h3-7,15H,1-2H3. The molecule has 1 heterocycles. The largest absolute Gasteiger partial charge is 0.504 e. The maximum Gasteiger partial charge on any atom is 0.360 e. The molecule has 5 nitrogen and oxygen atoms in total. The van der Waals surface area contributed by atoms with Gasteiger partial charge in [0.15, 0.2) is 11.4 Å². The van der Waals surface area contributed by atoms with E-state index < -0.39 is 5.97 Å². The molecule has 2 aromatic rings. The van der Waals surface area contributed by atoms with Crippen LogP contribution in [0, 0.1) is 0 Å². The average molecular weight is 232 g/mol. The number of aryl methyl sites for hydroxylation is 1. The smallest absolute Gasteiger partial charge is 0.360 e. The summed E-state index contributed by atoms with van der Waals surface area (Å²) in [5.74, 6) is -0.773. The van der Waals surface area contributed by atoms with Crippen molar-refractivity contribution in [2.45, 2.75) is 0 Å². The molecule has 0 spiro atoms. The third-order valence-corrected chi connectivity index (χ3v) is 2.45. The van der Waals surface area contributed by atoms with Crippen molar-refractivity contribution in [1.29, 1.82) is 0 Å². The predicted molar refractivity (Wildman–Crippen MR) is 61.6 cm³/mol. The molecule has 1 aromatic heterocycles. The lowest BCUT2D eigenvalue weighted by Crippen LogP contribution is -2.08. The minimum atomic E-state index is -0.611. The van der Waals surface area contributed by atoms with Crippen molar-refractivity contribution < 1.29 is 14.6 Å². The molecule has 0 amide bonds. The Morgan fingerprint density at radius 1 is 1.35 bits per heavy atom. The second-order valence-corrected chi connectivity index (χ2v) is 3.53. The van der Waals surface area contributed by atoms with Crippen molar-refractivity contribution in [3.05, 3.63) is 36.0 Å². The van der Waals surface area contributed by atoms with Crippen LogP contribution in [-0.2, 0) is 11.8 Å². The van der Waals surface area contributed by atoms with E-state index in [1.165, 1.54) is 11.8 Å². The van der Waals surface area contributed by atoms with Crippen molar-refractivity contribution in [2.75, 3.05) is 7.11 Å². The molecule has 0 aliphatic heterocycles. The molecule has 1 aromatic carbocycles. The number of esters is 1. The number of carbonyl (C=O) groups excluding carboxylic acids is 1. The molecular weight excluding hydrogens is 220 g/mol. The Kier molecular flexibility index (Phi) is 2.82. The third-order valence-electron chi connectivity index (χ3n) is 2.45. The lowest BCUT2D eigenvalue weighted by atomic mass is 10.1. The van der Waals surface area contributed by atoms with Gasteiger partial charge in [-0.1, -0.05) is 30.3 Å². The molecule has 0 bridgehead atoms.